The molecule has 0 aromatic carbocycles. The minimum Gasteiger partial charge on any atom is -0.383 e. The number of hydrogen-bond donors (Lipinski definition) is 1. The van der Waals surface area contributed by atoms with Crippen molar-refractivity contribution in [1.29, 1.82) is 0 Å². The highest BCUT2D eigenvalue weighted by atomic mass is 79.9. The quantitative estimate of drug-likeness (QED) is 0.857. The molecule has 0 amide bonds. The molecule has 0 radical (unpaired) electrons. The van der Waals surface area contributed by atoms with E-state index in [0.717, 1.165) is 16.0 Å². The fourth-order valence-corrected chi connectivity index (χ4v) is 3.10. The maximum absolute atomic E-state index is 5.98. The molecule has 1 aliphatic rings. The van der Waals surface area contributed by atoms with Crippen molar-refractivity contribution in [3.05, 3.63) is 10.2 Å². The van der Waals surface area contributed by atoms with Crippen molar-refractivity contribution in [3.8, 4) is 0 Å². The summed E-state index contributed by atoms with van der Waals surface area (Å²) in [4.78, 5) is 0. The van der Waals surface area contributed by atoms with Gasteiger partial charge in [-0.25, -0.2) is 4.68 Å². The first-order chi connectivity index (χ1) is 6.70. The molecule has 1 saturated heterocycles. The smallest absolute Gasteiger partial charge is 0.136 e. The Labute approximate surface area is 96.6 Å². The van der Waals surface area contributed by atoms with Crippen LogP contribution in [-0.2, 0) is 0 Å². The van der Waals surface area contributed by atoms with Gasteiger partial charge in [0.25, 0.3) is 0 Å². The van der Waals surface area contributed by atoms with E-state index in [2.05, 4.69) is 21.0 Å². The van der Waals surface area contributed by atoms with E-state index in [1.165, 1.54) is 24.3 Å². The fraction of sp³-hybridized carbons (Fsp3) is 0.667. The molecule has 0 bridgehead atoms. The number of nitrogen functional groups attached to an aromatic ring is 1. The van der Waals surface area contributed by atoms with E-state index < -0.39 is 0 Å². The molecule has 0 aliphatic carbocycles. The van der Waals surface area contributed by atoms with Gasteiger partial charge in [-0.15, -0.1) is 0 Å². The molecular formula is C9H14BrN3S. The molecule has 0 unspecified atom stereocenters. The van der Waals surface area contributed by atoms with Crippen molar-refractivity contribution < 1.29 is 0 Å². The summed E-state index contributed by atoms with van der Waals surface area (Å²) in [6, 6.07) is 0.501. The van der Waals surface area contributed by atoms with Crippen molar-refractivity contribution in [2.75, 3.05) is 17.2 Å². The van der Waals surface area contributed by atoms with Crippen LogP contribution in [0.2, 0.25) is 0 Å². The normalized spacial score (nSPS) is 18.7. The second-order valence-electron chi connectivity index (χ2n) is 3.57. The summed E-state index contributed by atoms with van der Waals surface area (Å²) >= 11 is 5.47. The first-order valence-corrected chi connectivity index (χ1v) is 6.72. The Bertz CT molecular complexity index is 331. The molecule has 1 aromatic heterocycles. The van der Waals surface area contributed by atoms with Gasteiger partial charge >= 0.3 is 0 Å². The van der Waals surface area contributed by atoms with Crippen LogP contribution in [0.4, 0.5) is 5.82 Å². The topological polar surface area (TPSA) is 43.8 Å². The summed E-state index contributed by atoms with van der Waals surface area (Å²) < 4.78 is 2.94. The van der Waals surface area contributed by atoms with Gasteiger partial charge in [-0.2, -0.15) is 16.9 Å². The highest BCUT2D eigenvalue weighted by molar-refractivity contribution is 9.10. The van der Waals surface area contributed by atoms with Crippen LogP contribution in [0.3, 0.4) is 0 Å². The number of thioether (sulfide) groups is 1. The van der Waals surface area contributed by atoms with Crippen molar-refractivity contribution in [1.82, 2.24) is 9.78 Å². The maximum atomic E-state index is 5.98. The molecule has 1 aliphatic heterocycles. The van der Waals surface area contributed by atoms with Gasteiger partial charge in [-0.1, -0.05) is 0 Å². The van der Waals surface area contributed by atoms with Crippen LogP contribution >= 0.6 is 27.7 Å². The number of rotatable bonds is 1. The Balaban J connectivity index is 2.26. The Morgan fingerprint density at radius 3 is 2.64 bits per heavy atom. The van der Waals surface area contributed by atoms with E-state index in [4.69, 9.17) is 5.73 Å². The lowest BCUT2D eigenvalue weighted by Crippen LogP contribution is -2.18. The number of halogens is 1. The lowest BCUT2D eigenvalue weighted by atomic mass is 10.2. The van der Waals surface area contributed by atoms with Crippen LogP contribution < -0.4 is 5.73 Å². The molecule has 2 rings (SSSR count). The largest absolute Gasteiger partial charge is 0.383 e. The van der Waals surface area contributed by atoms with Gasteiger partial charge in [0.1, 0.15) is 5.82 Å². The summed E-state index contributed by atoms with van der Waals surface area (Å²) in [5, 5.41) is 4.47. The third kappa shape index (κ3) is 1.80. The van der Waals surface area contributed by atoms with E-state index >= 15 is 0 Å². The third-order valence-corrected chi connectivity index (χ3v) is 4.61. The van der Waals surface area contributed by atoms with Crippen molar-refractivity contribution in [2.24, 2.45) is 0 Å². The summed E-state index contributed by atoms with van der Waals surface area (Å²) in [7, 11) is 0. The number of anilines is 1. The second-order valence-corrected chi connectivity index (χ2v) is 5.59. The van der Waals surface area contributed by atoms with E-state index in [1.807, 2.05) is 23.4 Å². The highest BCUT2D eigenvalue weighted by Crippen LogP contribution is 2.32. The minimum absolute atomic E-state index is 0.501. The summed E-state index contributed by atoms with van der Waals surface area (Å²) in [5.74, 6) is 3.22. The summed E-state index contributed by atoms with van der Waals surface area (Å²) in [6.07, 6.45) is 2.37. The lowest BCUT2D eigenvalue weighted by Gasteiger charge is -2.22. The predicted octanol–water partition coefficient (Wildman–Crippen LogP) is 2.60. The van der Waals surface area contributed by atoms with Gasteiger partial charge in [-0.05, 0) is 47.2 Å². The number of nitrogens with zero attached hydrogens (tertiary/aromatic N) is 2. The summed E-state index contributed by atoms with van der Waals surface area (Å²) in [6.45, 7) is 1.98. The highest BCUT2D eigenvalue weighted by Gasteiger charge is 2.20. The molecule has 2 N–H and O–H groups in total. The minimum atomic E-state index is 0.501. The first kappa shape index (κ1) is 10.4. The SMILES string of the molecule is Cc1nn(C2CCSCC2)c(N)c1Br. The molecule has 0 atom stereocenters. The molecule has 0 saturated carbocycles. The van der Waals surface area contributed by atoms with E-state index in [1.54, 1.807) is 0 Å². The zero-order valence-electron chi connectivity index (χ0n) is 8.16. The average molecular weight is 276 g/mol. The van der Waals surface area contributed by atoms with Crippen molar-refractivity contribution in [3.63, 3.8) is 0 Å². The van der Waals surface area contributed by atoms with Crippen LogP contribution in [0.15, 0.2) is 4.47 Å². The number of aromatic nitrogens is 2. The Morgan fingerprint density at radius 1 is 1.50 bits per heavy atom. The van der Waals surface area contributed by atoms with E-state index in [-0.39, 0.29) is 0 Å². The van der Waals surface area contributed by atoms with Crippen molar-refractivity contribution in [2.45, 2.75) is 25.8 Å². The van der Waals surface area contributed by atoms with E-state index in [0.29, 0.717) is 6.04 Å². The zero-order chi connectivity index (χ0) is 10.1. The molecule has 78 valence electrons. The molecule has 1 aromatic rings. The van der Waals surface area contributed by atoms with Gasteiger partial charge in [0.05, 0.1) is 16.2 Å². The Morgan fingerprint density at radius 2 is 2.14 bits per heavy atom. The van der Waals surface area contributed by atoms with Gasteiger partial charge in [0.2, 0.25) is 0 Å². The molecule has 1 fully saturated rings. The molecule has 5 heteroatoms. The number of aryl methyl sites for hydroxylation is 1. The first-order valence-electron chi connectivity index (χ1n) is 4.78. The average Bonchev–Trinajstić information content (AvgIpc) is 2.47. The van der Waals surface area contributed by atoms with Crippen molar-refractivity contribution >= 4 is 33.5 Å². The molecule has 2 heterocycles. The number of nitrogens with two attached hydrogens (primary N) is 1. The lowest BCUT2D eigenvalue weighted by molar-refractivity contribution is 0.431. The maximum Gasteiger partial charge on any atom is 0.136 e. The fourth-order valence-electron chi connectivity index (χ4n) is 1.75. The zero-order valence-corrected chi connectivity index (χ0v) is 10.6. The van der Waals surface area contributed by atoms with Gasteiger partial charge in [0.15, 0.2) is 0 Å². The van der Waals surface area contributed by atoms with Crippen LogP contribution in [0.5, 0.6) is 0 Å². The second kappa shape index (κ2) is 4.14. The third-order valence-electron chi connectivity index (χ3n) is 2.58. The van der Waals surface area contributed by atoms with Crippen LogP contribution in [0.25, 0.3) is 0 Å². The van der Waals surface area contributed by atoms with Crippen LogP contribution in [-0.4, -0.2) is 21.3 Å². The molecular weight excluding hydrogens is 262 g/mol. The monoisotopic (exact) mass is 275 g/mol. The Hall–Kier alpha value is -0.160. The van der Waals surface area contributed by atoms with Gasteiger partial charge < -0.3 is 5.73 Å². The molecule has 0 spiro atoms. The Kier molecular flexibility index (Phi) is 3.07. The number of hydrogen-bond acceptors (Lipinski definition) is 3. The standard InChI is InChI=1S/C9H14BrN3S/c1-6-8(10)9(11)13(12-6)7-2-4-14-5-3-7/h7H,2-5,11H2,1H3. The van der Waals surface area contributed by atoms with Gasteiger partial charge in [0, 0.05) is 0 Å². The molecule has 3 nitrogen and oxygen atoms in total. The van der Waals surface area contributed by atoms with E-state index in [9.17, 15) is 0 Å². The van der Waals surface area contributed by atoms with Crippen LogP contribution in [0, 0.1) is 6.92 Å². The van der Waals surface area contributed by atoms with Gasteiger partial charge in [-0.3, -0.25) is 0 Å². The summed E-state index contributed by atoms with van der Waals surface area (Å²) in [5.41, 5.74) is 6.97. The predicted molar refractivity (Wildman–Crippen MR) is 64.7 cm³/mol. The molecule has 14 heavy (non-hydrogen) atoms. The van der Waals surface area contributed by atoms with Crippen LogP contribution in [0.1, 0.15) is 24.6 Å².